The van der Waals surface area contributed by atoms with Crippen molar-refractivity contribution >= 4 is 29.9 Å². The van der Waals surface area contributed by atoms with E-state index in [0.29, 0.717) is 5.92 Å². The van der Waals surface area contributed by atoms with E-state index in [1.807, 2.05) is 19.2 Å². The molecule has 1 atom stereocenters. The Morgan fingerprint density at radius 1 is 1.31 bits per heavy atom. The van der Waals surface area contributed by atoms with Crippen LogP contribution in [0.4, 0.5) is 0 Å². The highest BCUT2D eigenvalue weighted by atomic mass is 127. The smallest absolute Gasteiger partial charge is 0.191 e. The topological polar surface area (TPSA) is 58.1 Å². The van der Waals surface area contributed by atoms with Crippen LogP contribution in [0.5, 0.6) is 5.75 Å². The summed E-state index contributed by atoms with van der Waals surface area (Å²) >= 11 is 0. The molecule has 0 fully saturated rings. The lowest BCUT2D eigenvalue weighted by Gasteiger charge is -2.26. The van der Waals surface area contributed by atoms with E-state index in [1.54, 1.807) is 7.11 Å². The standard InChI is InChI=1S/C19H32N4O2.HI/c1-20-19(21-10-12-23(2)11-6-13-24-3)22-15-16-9-14-25-18-8-5-4-7-17(16)18;/h4-5,7-8,16H,6,9-15H2,1-3H3,(H2,20,21,22);1H. The lowest BCUT2D eigenvalue weighted by Crippen LogP contribution is -2.42. The molecule has 0 spiro atoms. The fourth-order valence-corrected chi connectivity index (χ4v) is 3.02. The molecule has 1 aromatic carbocycles. The fourth-order valence-electron chi connectivity index (χ4n) is 3.02. The van der Waals surface area contributed by atoms with Crippen LogP contribution in [0.3, 0.4) is 0 Å². The molecule has 0 aliphatic carbocycles. The zero-order valence-electron chi connectivity index (χ0n) is 16.2. The first-order chi connectivity index (χ1) is 12.2. The number of likely N-dealkylation sites (N-methyl/N-ethyl adjacent to an activating group) is 1. The minimum absolute atomic E-state index is 0. The average Bonchev–Trinajstić information content (AvgIpc) is 2.64. The van der Waals surface area contributed by atoms with Gasteiger partial charge < -0.3 is 25.0 Å². The van der Waals surface area contributed by atoms with E-state index >= 15 is 0 Å². The van der Waals surface area contributed by atoms with Gasteiger partial charge in [-0.25, -0.2) is 0 Å². The van der Waals surface area contributed by atoms with Crippen molar-refractivity contribution in [1.29, 1.82) is 0 Å². The molecule has 6 nitrogen and oxygen atoms in total. The molecule has 0 saturated heterocycles. The predicted octanol–water partition coefficient (Wildman–Crippen LogP) is 2.30. The first kappa shape index (κ1) is 23.0. The van der Waals surface area contributed by atoms with Gasteiger partial charge in [-0.15, -0.1) is 24.0 Å². The second-order valence-corrected chi connectivity index (χ2v) is 6.40. The number of halogens is 1. The van der Waals surface area contributed by atoms with Crippen LogP contribution in [0.1, 0.15) is 24.3 Å². The number of para-hydroxylation sites is 1. The SMILES string of the molecule is CN=C(NCCN(C)CCCOC)NCC1CCOc2ccccc21.I. The first-order valence-corrected chi connectivity index (χ1v) is 9.08. The molecule has 0 bridgehead atoms. The molecule has 0 radical (unpaired) electrons. The molecule has 148 valence electrons. The fraction of sp³-hybridized carbons (Fsp3) is 0.632. The van der Waals surface area contributed by atoms with E-state index in [2.05, 4.69) is 39.7 Å². The third-order valence-electron chi connectivity index (χ3n) is 4.50. The molecule has 1 heterocycles. The summed E-state index contributed by atoms with van der Waals surface area (Å²) in [5, 5.41) is 6.84. The van der Waals surface area contributed by atoms with Gasteiger partial charge in [-0.3, -0.25) is 4.99 Å². The number of nitrogens with zero attached hydrogens (tertiary/aromatic N) is 2. The van der Waals surface area contributed by atoms with Gasteiger partial charge in [-0.1, -0.05) is 18.2 Å². The van der Waals surface area contributed by atoms with Crippen LogP contribution in [0.2, 0.25) is 0 Å². The highest BCUT2D eigenvalue weighted by Crippen LogP contribution is 2.32. The van der Waals surface area contributed by atoms with E-state index < -0.39 is 0 Å². The number of nitrogens with one attached hydrogen (secondary N) is 2. The van der Waals surface area contributed by atoms with Gasteiger partial charge in [-0.2, -0.15) is 0 Å². The molecule has 1 aromatic rings. The molecular weight excluding hydrogens is 443 g/mol. The Balaban J connectivity index is 0.00000338. The first-order valence-electron chi connectivity index (χ1n) is 9.08. The van der Waals surface area contributed by atoms with Gasteiger partial charge in [0.2, 0.25) is 0 Å². The molecule has 1 aliphatic heterocycles. The Morgan fingerprint density at radius 3 is 2.88 bits per heavy atom. The lowest BCUT2D eigenvalue weighted by atomic mass is 9.93. The average molecular weight is 476 g/mol. The Bertz CT molecular complexity index is 542. The Hall–Kier alpha value is -1.06. The minimum atomic E-state index is 0. The Morgan fingerprint density at radius 2 is 2.12 bits per heavy atom. The summed E-state index contributed by atoms with van der Waals surface area (Å²) in [7, 11) is 5.69. The second-order valence-electron chi connectivity index (χ2n) is 6.40. The number of aliphatic imine (C=N–C) groups is 1. The van der Waals surface area contributed by atoms with Crippen LogP contribution >= 0.6 is 24.0 Å². The number of benzene rings is 1. The summed E-state index contributed by atoms with van der Waals surface area (Å²) in [5.41, 5.74) is 1.29. The largest absolute Gasteiger partial charge is 0.493 e. The molecule has 0 aromatic heterocycles. The van der Waals surface area contributed by atoms with E-state index in [0.717, 1.165) is 63.9 Å². The maximum atomic E-state index is 5.73. The van der Waals surface area contributed by atoms with Gasteiger partial charge in [0.25, 0.3) is 0 Å². The number of hydrogen-bond acceptors (Lipinski definition) is 4. The van der Waals surface area contributed by atoms with Gasteiger partial charge >= 0.3 is 0 Å². The quantitative estimate of drug-likeness (QED) is 0.248. The monoisotopic (exact) mass is 476 g/mol. The number of rotatable bonds is 9. The molecule has 0 saturated carbocycles. The Labute approximate surface area is 174 Å². The van der Waals surface area contributed by atoms with E-state index in [-0.39, 0.29) is 24.0 Å². The minimum Gasteiger partial charge on any atom is -0.493 e. The number of fused-ring (bicyclic) bond motifs is 1. The number of methoxy groups -OCH3 is 1. The van der Waals surface area contributed by atoms with Crippen molar-refractivity contribution < 1.29 is 9.47 Å². The summed E-state index contributed by atoms with van der Waals surface area (Å²) in [6.07, 6.45) is 2.09. The maximum Gasteiger partial charge on any atom is 0.191 e. The van der Waals surface area contributed by atoms with Gasteiger partial charge in [-0.05, 0) is 31.5 Å². The zero-order chi connectivity index (χ0) is 17.9. The number of guanidine groups is 1. The third-order valence-corrected chi connectivity index (χ3v) is 4.50. The van der Waals surface area contributed by atoms with Crippen LogP contribution in [-0.4, -0.2) is 71.5 Å². The highest BCUT2D eigenvalue weighted by molar-refractivity contribution is 14.0. The van der Waals surface area contributed by atoms with Crippen LogP contribution in [0.15, 0.2) is 29.3 Å². The van der Waals surface area contributed by atoms with Crippen molar-refractivity contribution in [2.75, 3.05) is 60.6 Å². The molecule has 1 unspecified atom stereocenters. The molecule has 26 heavy (non-hydrogen) atoms. The summed E-state index contributed by atoms with van der Waals surface area (Å²) in [4.78, 5) is 6.62. The second kappa shape index (κ2) is 13.2. The van der Waals surface area contributed by atoms with E-state index in [9.17, 15) is 0 Å². The lowest BCUT2D eigenvalue weighted by molar-refractivity contribution is 0.180. The Kier molecular flexibility index (Phi) is 11.6. The van der Waals surface area contributed by atoms with Gasteiger partial charge in [0.05, 0.1) is 6.61 Å². The third kappa shape index (κ3) is 7.67. The maximum absolute atomic E-state index is 5.73. The molecule has 2 rings (SSSR count). The summed E-state index contributed by atoms with van der Waals surface area (Å²) in [6, 6.07) is 8.31. The normalized spacial score (nSPS) is 16.5. The number of ether oxygens (including phenoxy) is 2. The number of hydrogen-bond donors (Lipinski definition) is 2. The summed E-state index contributed by atoms with van der Waals surface area (Å²) in [5.74, 6) is 2.33. The van der Waals surface area contributed by atoms with Crippen LogP contribution in [0.25, 0.3) is 0 Å². The summed E-state index contributed by atoms with van der Waals surface area (Å²) < 4.78 is 10.8. The van der Waals surface area contributed by atoms with Crippen molar-refractivity contribution in [1.82, 2.24) is 15.5 Å². The van der Waals surface area contributed by atoms with E-state index in [4.69, 9.17) is 9.47 Å². The van der Waals surface area contributed by atoms with Crippen LogP contribution in [-0.2, 0) is 4.74 Å². The van der Waals surface area contributed by atoms with E-state index in [1.165, 1.54) is 5.56 Å². The molecule has 0 amide bonds. The van der Waals surface area contributed by atoms with Crippen molar-refractivity contribution in [3.63, 3.8) is 0 Å². The predicted molar refractivity (Wildman–Crippen MR) is 118 cm³/mol. The van der Waals surface area contributed by atoms with Gasteiger partial charge in [0, 0.05) is 52.9 Å². The summed E-state index contributed by atoms with van der Waals surface area (Å²) in [6.45, 7) is 5.34. The van der Waals surface area contributed by atoms with Gasteiger partial charge in [0.15, 0.2) is 5.96 Å². The van der Waals surface area contributed by atoms with Crippen molar-refractivity contribution in [3.8, 4) is 5.75 Å². The zero-order valence-corrected chi connectivity index (χ0v) is 18.5. The molecule has 1 aliphatic rings. The van der Waals surface area contributed by atoms with Crippen molar-refractivity contribution in [2.45, 2.75) is 18.8 Å². The molecular formula is C19H33IN4O2. The van der Waals surface area contributed by atoms with Crippen molar-refractivity contribution in [2.24, 2.45) is 4.99 Å². The van der Waals surface area contributed by atoms with Crippen LogP contribution in [0, 0.1) is 0 Å². The highest BCUT2D eigenvalue weighted by Gasteiger charge is 2.20. The van der Waals surface area contributed by atoms with Gasteiger partial charge in [0.1, 0.15) is 5.75 Å². The van der Waals surface area contributed by atoms with Crippen LogP contribution < -0.4 is 15.4 Å². The van der Waals surface area contributed by atoms with Crippen molar-refractivity contribution in [3.05, 3.63) is 29.8 Å². The molecule has 7 heteroatoms. The molecule has 2 N–H and O–H groups in total.